The molecule has 0 bridgehead atoms. The van der Waals surface area contributed by atoms with Gasteiger partial charge in [-0.2, -0.15) is 0 Å². The van der Waals surface area contributed by atoms with Gasteiger partial charge >= 0.3 is 11.9 Å². The molecule has 2 amide bonds. The van der Waals surface area contributed by atoms with Crippen LogP contribution in [0.4, 0.5) is 0 Å². The lowest BCUT2D eigenvalue weighted by atomic mass is 9.79. The highest BCUT2D eigenvalue weighted by Gasteiger charge is 2.49. The molecule has 0 radical (unpaired) electrons. The van der Waals surface area contributed by atoms with Gasteiger partial charge in [-0.1, -0.05) is 90.2 Å². The fourth-order valence-corrected chi connectivity index (χ4v) is 5.39. The lowest BCUT2D eigenvalue weighted by molar-refractivity contribution is -0.172. The Labute approximate surface area is 273 Å². The van der Waals surface area contributed by atoms with Crippen LogP contribution in [0.25, 0.3) is 0 Å². The number of aliphatic carboxylic acids is 2. The number of hydrogen-bond acceptors (Lipinski definition) is 7. The molecule has 0 aromatic heterocycles. The Morgan fingerprint density at radius 1 is 0.804 bits per heavy atom. The van der Waals surface area contributed by atoms with E-state index in [0.29, 0.717) is 49.4 Å². The maximum Gasteiger partial charge on any atom is 0.337 e. The number of unbranched alkanes of at least 4 members (excludes halogenated alkanes) is 10. The maximum absolute atomic E-state index is 13.4. The standard InChI is InChI=1S/C35H56N2O9/c1-3-5-7-10-13-16-27(38)17-14-11-8-9-12-15-18-29(35(45,34(43)44)25-31(36)39)32(40)37-30(33(41)42)24-26-19-21-28(22-20-26)46-23-6-4-2/h19-22,29-30,45H,3-18,23-25H2,1-2H3,(H2,36,39)(H,37,40)(H,41,42)(H,43,44)/t29-,30+,35+/m1/s1. The number of rotatable bonds is 28. The molecule has 0 aliphatic carbocycles. The topological polar surface area (TPSA) is 193 Å². The summed E-state index contributed by atoms with van der Waals surface area (Å²) in [6.45, 7) is 4.77. The molecule has 0 saturated heterocycles. The molecule has 0 heterocycles. The largest absolute Gasteiger partial charge is 0.494 e. The Morgan fingerprint density at radius 2 is 1.35 bits per heavy atom. The number of carbonyl (C=O) groups excluding carboxylic acids is 3. The van der Waals surface area contributed by atoms with E-state index in [-0.39, 0.29) is 12.8 Å². The molecule has 260 valence electrons. The van der Waals surface area contributed by atoms with E-state index < -0.39 is 47.7 Å². The van der Waals surface area contributed by atoms with Gasteiger partial charge < -0.3 is 31.1 Å². The molecule has 46 heavy (non-hydrogen) atoms. The number of aliphatic hydroxyl groups is 1. The molecule has 0 fully saturated rings. The fourth-order valence-electron chi connectivity index (χ4n) is 5.39. The van der Waals surface area contributed by atoms with Gasteiger partial charge in [0.25, 0.3) is 0 Å². The first kappa shape index (κ1) is 40.6. The highest BCUT2D eigenvalue weighted by atomic mass is 16.5. The minimum atomic E-state index is -2.80. The zero-order valence-corrected chi connectivity index (χ0v) is 27.8. The van der Waals surface area contributed by atoms with E-state index in [1.807, 2.05) is 6.92 Å². The van der Waals surface area contributed by atoms with Crippen molar-refractivity contribution in [3.05, 3.63) is 29.8 Å². The second-order valence-electron chi connectivity index (χ2n) is 12.2. The van der Waals surface area contributed by atoms with Crippen molar-refractivity contribution in [2.45, 2.75) is 141 Å². The Hall–Kier alpha value is -3.47. The summed E-state index contributed by atoms with van der Waals surface area (Å²) in [7, 11) is 0. The van der Waals surface area contributed by atoms with Crippen molar-refractivity contribution in [2.75, 3.05) is 6.61 Å². The zero-order valence-electron chi connectivity index (χ0n) is 27.8. The van der Waals surface area contributed by atoms with Crippen molar-refractivity contribution in [3.63, 3.8) is 0 Å². The second kappa shape index (κ2) is 22.9. The number of Topliss-reactive ketones (excluding diaryl/α,β-unsaturated/α-hetero) is 1. The first-order valence-electron chi connectivity index (χ1n) is 16.9. The van der Waals surface area contributed by atoms with E-state index >= 15 is 0 Å². The van der Waals surface area contributed by atoms with Gasteiger partial charge in [-0.05, 0) is 43.4 Å². The van der Waals surface area contributed by atoms with E-state index in [9.17, 15) is 39.3 Å². The summed E-state index contributed by atoms with van der Waals surface area (Å²) >= 11 is 0. The molecule has 0 aliphatic heterocycles. The Balaban J connectivity index is 2.74. The number of ketones is 1. The van der Waals surface area contributed by atoms with Gasteiger partial charge in [0.1, 0.15) is 17.6 Å². The van der Waals surface area contributed by atoms with Crippen molar-refractivity contribution >= 4 is 29.5 Å². The number of hydrogen-bond donors (Lipinski definition) is 5. The molecule has 1 rings (SSSR count). The molecular weight excluding hydrogens is 592 g/mol. The van der Waals surface area contributed by atoms with Crippen LogP contribution in [0.3, 0.4) is 0 Å². The third-order valence-corrected chi connectivity index (χ3v) is 8.21. The van der Waals surface area contributed by atoms with Crippen molar-refractivity contribution < 1.29 is 44.0 Å². The van der Waals surface area contributed by atoms with E-state index in [1.165, 1.54) is 19.3 Å². The van der Waals surface area contributed by atoms with Gasteiger partial charge in [0.05, 0.1) is 18.9 Å². The number of carboxylic acids is 2. The van der Waals surface area contributed by atoms with Gasteiger partial charge in [-0.15, -0.1) is 0 Å². The van der Waals surface area contributed by atoms with Crippen LogP contribution in [0.2, 0.25) is 0 Å². The summed E-state index contributed by atoms with van der Waals surface area (Å²) in [4.78, 5) is 61.3. The molecule has 0 unspecified atom stereocenters. The van der Waals surface area contributed by atoms with E-state index in [1.54, 1.807) is 24.3 Å². The smallest absolute Gasteiger partial charge is 0.337 e. The number of ether oxygens (including phenoxy) is 1. The minimum absolute atomic E-state index is 0.0887. The van der Waals surface area contributed by atoms with E-state index in [0.717, 1.165) is 51.4 Å². The van der Waals surface area contributed by atoms with Crippen LogP contribution in [-0.2, 0) is 30.4 Å². The van der Waals surface area contributed by atoms with Gasteiger partial charge in [-0.3, -0.25) is 14.4 Å². The van der Waals surface area contributed by atoms with E-state index in [4.69, 9.17) is 10.5 Å². The summed E-state index contributed by atoms with van der Waals surface area (Å²) in [6.07, 6.45) is 11.8. The monoisotopic (exact) mass is 648 g/mol. The fraction of sp³-hybridized carbons (Fsp3) is 0.686. The van der Waals surface area contributed by atoms with Crippen LogP contribution in [0.5, 0.6) is 5.75 Å². The quantitative estimate of drug-likeness (QED) is 0.0746. The first-order chi connectivity index (χ1) is 21.9. The molecule has 1 aromatic carbocycles. The average Bonchev–Trinajstić information content (AvgIpc) is 3.00. The average molecular weight is 649 g/mol. The molecule has 11 nitrogen and oxygen atoms in total. The summed E-state index contributed by atoms with van der Waals surface area (Å²) in [6, 6.07) is 5.38. The normalized spacial score (nSPS) is 13.7. The second-order valence-corrected chi connectivity index (χ2v) is 12.2. The Kier molecular flexibility index (Phi) is 20.2. The van der Waals surface area contributed by atoms with Crippen LogP contribution in [-0.4, -0.2) is 63.1 Å². The lowest BCUT2D eigenvalue weighted by Gasteiger charge is -2.31. The predicted molar refractivity (Wildman–Crippen MR) is 175 cm³/mol. The number of carboxylic acid groups (broad SMARTS) is 2. The van der Waals surface area contributed by atoms with Crippen molar-refractivity contribution in [2.24, 2.45) is 11.7 Å². The number of primary amides is 1. The Morgan fingerprint density at radius 3 is 1.87 bits per heavy atom. The number of amides is 2. The van der Waals surface area contributed by atoms with E-state index in [2.05, 4.69) is 12.2 Å². The van der Waals surface area contributed by atoms with Crippen molar-refractivity contribution in [3.8, 4) is 5.75 Å². The molecule has 0 aliphatic rings. The lowest BCUT2D eigenvalue weighted by Crippen LogP contribution is -2.56. The van der Waals surface area contributed by atoms with Crippen molar-refractivity contribution in [1.29, 1.82) is 0 Å². The predicted octanol–water partition coefficient (Wildman–Crippen LogP) is 5.34. The highest BCUT2D eigenvalue weighted by molar-refractivity contribution is 5.94. The molecule has 3 atom stereocenters. The summed E-state index contributed by atoms with van der Waals surface area (Å²) < 4.78 is 5.63. The first-order valence-corrected chi connectivity index (χ1v) is 16.9. The summed E-state index contributed by atoms with van der Waals surface area (Å²) in [5.74, 6) is -5.89. The molecule has 0 spiro atoms. The van der Waals surface area contributed by atoms with Crippen LogP contribution in [0, 0.1) is 5.92 Å². The number of carbonyl (C=O) groups is 5. The van der Waals surface area contributed by atoms with Crippen LogP contribution < -0.4 is 15.8 Å². The zero-order chi connectivity index (χ0) is 34.4. The molecule has 11 heteroatoms. The van der Waals surface area contributed by atoms with Gasteiger partial charge in [0, 0.05) is 19.3 Å². The Bertz CT molecular complexity index is 1080. The SMILES string of the molecule is CCCCCCCC(=O)CCCCCCCC[C@H](C(=O)N[C@@H](Cc1ccc(OCCCC)cc1)C(=O)O)[C@@](O)(CC(N)=O)C(=O)O. The van der Waals surface area contributed by atoms with Crippen LogP contribution >= 0.6 is 0 Å². The van der Waals surface area contributed by atoms with Crippen LogP contribution in [0.1, 0.15) is 129 Å². The third kappa shape index (κ3) is 16.2. The van der Waals surface area contributed by atoms with Crippen molar-refractivity contribution in [1.82, 2.24) is 5.32 Å². The molecule has 0 saturated carbocycles. The number of nitrogens with one attached hydrogen (secondary N) is 1. The van der Waals surface area contributed by atoms with Gasteiger partial charge in [0.15, 0.2) is 5.60 Å². The van der Waals surface area contributed by atoms with Gasteiger partial charge in [0.2, 0.25) is 11.8 Å². The maximum atomic E-state index is 13.4. The minimum Gasteiger partial charge on any atom is -0.494 e. The summed E-state index contributed by atoms with van der Waals surface area (Å²) in [5.41, 5.74) is 3.03. The summed E-state index contributed by atoms with van der Waals surface area (Å²) in [5, 5.41) is 33.1. The van der Waals surface area contributed by atoms with Crippen LogP contribution in [0.15, 0.2) is 24.3 Å². The highest BCUT2D eigenvalue weighted by Crippen LogP contribution is 2.29. The molecule has 6 N–H and O–H groups in total. The third-order valence-electron chi connectivity index (χ3n) is 8.21. The number of benzene rings is 1. The number of nitrogens with two attached hydrogens (primary N) is 1. The molecule has 1 aromatic rings. The van der Waals surface area contributed by atoms with Gasteiger partial charge in [-0.25, -0.2) is 9.59 Å². The molecular formula is C35H56N2O9.